The van der Waals surface area contributed by atoms with Gasteiger partial charge in [0, 0.05) is 10.6 Å². The minimum Gasteiger partial charge on any atom is -0.497 e. The predicted molar refractivity (Wildman–Crippen MR) is 95.0 cm³/mol. The lowest BCUT2D eigenvalue weighted by Crippen LogP contribution is -2.25. The molecular formula is C18H19ClN2O3. The van der Waals surface area contributed by atoms with E-state index in [-0.39, 0.29) is 12.5 Å². The first-order valence-corrected chi connectivity index (χ1v) is 7.74. The molecule has 24 heavy (non-hydrogen) atoms. The second kappa shape index (κ2) is 8.36. The lowest BCUT2D eigenvalue weighted by molar-refractivity contribution is -0.123. The Bertz CT molecular complexity index is 760. The first kappa shape index (κ1) is 17.8. The molecule has 1 amide bonds. The van der Waals surface area contributed by atoms with Gasteiger partial charge in [0.1, 0.15) is 11.5 Å². The minimum atomic E-state index is -0.341. The molecule has 6 heteroatoms. The van der Waals surface area contributed by atoms with Gasteiger partial charge in [0.05, 0.1) is 12.8 Å². The summed E-state index contributed by atoms with van der Waals surface area (Å²) in [7, 11) is 1.60. The second-order valence-electron chi connectivity index (χ2n) is 5.16. The first-order chi connectivity index (χ1) is 11.5. The summed E-state index contributed by atoms with van der Waals surface area (Å²) in [6.07, 6.45) is 0. The van der Waals surface area contributed by atoms with E-state index in [1.807, 2.05) is 31.2 Å². The Kier molecular flexibility index (Phi) is 6.21. The highest BCUT2D eigenvalue weighted by Crippen LogP contribution is 2.21. The van der Waals surface area contributed by atoms with Crippen molar-refractivity contribution < 1.29 is 14.3 Å². The standard InChI is InChI=1S/C18H19ClN2O3/c1-12-9-15(19)7-8-17(12)24-11-18(22)21-20-13(2)14-5-4-6-16(10-14)23-3/h4-10H,11H2,1-3H3,(H,21,22). The Labute approximate surface area is 146 Å². The van der Waals surface area contributed by atoms with E-state index >= 15 is 0 Å². The Hall–Kier alpha value is -2.53. The average molecular weight is 347 g/mol. The van der Waals surface area contributed by atoms with Gasteiger partial charge in [0.25, 0.3) is 5.91 Å². The number of methoxy groups -OCH3 is 1. The number of carbonyl (C=O) groups is 1. The van der Waals surface area contributed by atoms with Crippen molar-refractivity contribution in [3.63, 3.8) is 0 Å². The fourth-order valence-corrected chi connectivity index (χ4v) is 2.24. The van der Waals surface area contributed by atoms with Crippen LogP contribution >= 0.6 is 11.6 Å². The Morgan fingerprint density at radius 1 is 1.25 bits per heavy atom. The van der Waals surface area contributed by atoms with Gasteiger partial charge in [-0.3, -0.25) is 4.79 Å². The normalized spacial score (nSPS) is 11.1. The van der Waals surface area contributed by atoms with Crippen LogP contribution in [0.15, 0.2) is 47.6 Å². The summed E-state index contributed by atoms with van der Waals surface area (Å²) in [6, 6.07) is 12.7. The molecule has 0 fully saturated rings. The number of hydrazone groups is 1. The van der Waals surface area contributed by atoms with E-state index in [1.165, 1.54) is 0 Å². The molecule has 0 aliphatic rings. The van der Waals surface area contributed by atoms with E-state index in [0.29, 0.717) is 16.5 Å². The third kappa shape index (κ3) is 4.99. The van der Waals surface area contributed by atoms with Crippen LogP contribution in [-0.4, -0.2) is 25.3 Å². The number of nitrogens with one attached hydrogen (secondary N) is 1. The number of hydrogen-bond donors (Lipinski definition) is 1. The number of hydrogen-bond acceptors (Lipinski definition) is 4. The van der Waals surface area contributed by atoms with E-state index < -0.39 is 0 Å². The van der Waals surface area contributed by atoms with Gasteiger partial charge in [-0.15, -0.1) is 0 Å². The van der Waals surface area contributed by atoms with Crippen molar-refractivity contribution in [2.24, 2.45) is 5.10 Å². The number of halogens is 1. The molecule has 0 spiro atoms. The molecule has 0 aromatic heterocycles. The van der Waals surface area contributed by atoms with Crippen molar-refractivity contribution in [2.75, 3.05) is 13.7 Å². The van der Waals surface area contributed by atoms with Gasteiger partial charge >= 0.3 is 0 Å². The van der Waals surface area contributed by atoms with E-state index in [2.05, 4.69) is 10.5 Å². The maximum atomic E-state index is 11.9. The summed E-state index contributed by atoms with van der Waals surface area (Å²) in [6.45, 7) is 3.54. The summed E-state index contributed by atoms with van der Waals surface area (Å²) in [5, 5.41) is 4.71. The van der Waals surface area contributed by atoms with E-state index in [0.717, 1.165) is 16.9 Å². The van der Waals surface area contributed by atoms with Gasteiger partial charge in [-0.25, -0.2) is 5.43 Å². The highest BCUT2D eigenvalue weighted by molar-refractivity contribution is 6.30. The molecule has 126 valence electrons. The zero-order valence-electron chi connectivity index (χ0n) is 13.8. The van der Waals surface area contributed by atoms with Gasteiger partial charge in [-0.2, -0.15) is 5.10 Å². The maximum absolute atomic E-state index is 11.9. The van der Waals surface area contributed by atoms with Crippen molar-refractivity contribution in [1.82, 2.24) is 5.43 Å². The van der Waals surface area contributed by atoms with Gasteiger partial charge in [0.15, 0.2) is 6.61 Å². The molecule has 2 aromatic carbocycles. The van der Waals surface area contributed by atoms with Crippen LogP contribution in [0, 0.1) is 6.92 Å². The fourth-order valence-electron chi connectivity index (χ4n) is 2.01. The molecule has 0 aliphatic heterocycles. The SMILES string of the molecule is COc1cccc(C(C)=NNC(=O)COc2ccc(Cl)cc2C)c1. The molecule has 0 saturated carbocycles. The third-order valence-electron chi connectivity index (χ3n) is 3.33. The van der Waals surface area contributed by atoms with Crippen LogP contribution in [0.1, 0.15) is 18.1 Å². The van der Waals surface area contributed by atoms with E-state index in [1.54, 1.807) is 32.2 Å². The second-order valence-corrected chi connectivity index (χ2v) is 5.60. The Balaban J connectivity index is 1.91. The molecule has 1 N–H and O–H groups in total. The van der Waals surface area contributed by atoms with Gasteiger partial charge in [-0.05, 0) is 49.7 Å². The van der Waals surface area contributed by atoms with E-state index in [4.69, 9.17) is 21.1 Å². The first-order valence-electron chi connectivity index (χ1n) is 7.36. The molecule has 5 nitrogen and oxygen atoms in total. The van der Waals surface area contributed by atoms with Gasteiger partial charge in [-0.1, -0.05) is 23.7 Å². The largest absolute Gasteiger partial charge is 0.497 e. The van der Waals surface area contributed by atoms with Crippen LogP contribution in [0.3, 0.4) is 0 Å². The van der Waals surface area contributed by atoms with Crippen LogP contribution < -0.4 is 14.9 Å². The number of amides is 1. The molecule has 0 radical (unpaired) electrons. The molecule has 2 aromatic rings. The number of benzene rings is 2. The zero-order chi connectivity index (χ0) is 17.5. The van der Waals surface area contributed by atoms with Crippen molar-refractivity contribution in [3.8, 4) is 11.5 Å². The molecule has 0 heterocycles. The van der Waals surface area contributed by atoms with Gasteiger partial charge < -0.3 is 9.47 Å². The predicted octanol–water partition coefficient (Wildman–Crippen LogP) is 3.58. The molecule has 2 rings (SSSR count). The third-order valence-corrected chi connectivity index (χ3v) is 3.57. The number of carbonyl (C=O) groups excluding carboxylic acids is 1. The molecular weight excluding hydrogens is 328 g/mol. The van der Waals surface area contributed by atoms with Crippen LogP contribution in [0.4, 0.5) is 0 Å². The Morgan fingerprint density at radius 3 is 2.75 bits per heavy atom. The molecule has 0 bridgehead atoms. The Morgan fingerprint density at radius 2 is 2.04 bits per heavy atom. The molecule has 0 atom stereocenters. The number of nitrogens with zero attached hydrogens (tertiary/aromatic N) is 1. The highest BCUT2D eigenvalue weighted by Gasteiger charge is 2.06. The van der Waals surface area contributed by atoms with Crippen LogP contribution in [-0.2, 0) is 4.79 Å². The van der Waals surface area contributed by atoms with Crippen molar-refractivity contribution >= 4 is 23.2 Å². The molecule has 0 saturated heterocycles. The fraction of sp³-hybridized carbons (Fsp3) is 0.222. The summed E-state index contributed by atoms with van der Waals surface area (Å²) < 4.78 is 10.6. The highest BCUT2D eigenvalue weighted by atomic mass is 35.5. The lowest BCUT2D eigenvalue weighted by Gasteiger charge is -2.09. The maximum Gasteiger partial charge on any atom is 0.277 e. The zero-order valence-corrected chi connectivity index (χ0v) is 14.6. The van der Waals surface area contributed by atoms with Crippen molar-refractivity contribution in [3.05, 3.63) is 58.6 Å². The van der Waals surface area contributed by atoms with Crippen LogP contribution in [0.25, 0.3) is 0 Å². The smallest absolute Gasteiger partial charge is 0.277 e. The van der Waals surface area contributed by atoms with Gasteiger partial charge in [0.2, 0.25) is 0 Å². The summed E-state index contributed by atoms with van der Waals surface area (Å²) >= 11 is 5.88. The van der Waals surface area contributed by atoms with E-state index in [9.17, 15) is 4.79 Å². The minimum absolute atomic E-state index is 0.128. The molecule has 0 unspecified atom stereocenters. The summed E-state index contributed by atoms with van der Waals surface area (Å²) in [4.78, 5) is 11.9. The van der Waals surface area contributed by atoms with Crippen molar-refractivity contribution in [2.45, 2.75) is 13.8 Å². The topological polar surface area (TPSA) is 59.9 Å². The number of aryl methyl sites for hydroxylation is 1. The van der Waals surface area contributed by atoms with Crippen LogP contribution in [0.2, 0.25) is 5.02 Å². The lowest BCUT2D eigenvalue weighted by atomic mass is 10.1. The average Bonchev–Trinajstić information content (AvgIpc) is 2.59. The number of ether oxygens (including phenoxy) is 2. The quantitative estimate of drug-likeness (QED) is 0.642. The van der Waals surface area contributed by atoms with Crippen molar-refractivity contribution in [1.29, 1.82) is 0 Å². The monoisotopic (exact) mass is 346 g/mol. The molecule has 0 aliphatic carbocycles. The summed E-state index contributed by atoms with van der Waals surface area (Å²) in [5.74, 6) is 1.00. The van der Waals surface area contributed by atoms with Crippen LogP contribution in [0.5, 0.6) is 11.5 Å². The number of rotatable bonds is 6. The summed E-state index contributed by atoms with van der Waals surface area (Å²) in [5.41, 5.74) is 4.88.